The SMILES string of the molecule is Cc1nn(S(=O)(=O)N(C)C)cc1B(O)O. The van der Waals surface area contributed by atoms with Crippen LogP contribution in [0.5, 0.6) is 0 Å². The van der Waals surface area contributed by atoms with Crippen LogP contribution in [0, 0.1) is 6.92 Å². The van der Waals surface area contributed by atoms with Crippen LogP contribution >= 0.6 is 0 Å². The van der Waals surface area contributed by atoms with E-state index < -0.39 is 17.3 Å². The summed E-state index contributed by atoms with van der Waals surface area (Å²) in [7, 11) is -2.70. The Kier molecular flexibility index (Phi) is 3.19. The first-order chi connectivity index (χ1) is 6.76. The average molecular weight is 233 g/mol. The molecule has 0 aliphatic heterocycles. The largest absolute Gasteiger partial charge is 0.491 e. The zero-order valence-electron chi connectivity index (χ0n) is 8.62. The summed E-state index contributed by atoms with van der Waals surface area (Å²) < 4.78 is 24.9. The molecule has 0 saturated carbocycles. The molecule has 0 bridgehead atoms. The maximum atomic E-state index is 11.6. The first kappa shape index (κ1) is 12.2. The van der Waals surface area contributed by atoms with E-state index in [2.05, 4.69) is 5.10 Å². The molecule has 0 fully saturated rings. The molecule has 7 nitrogen and oxygen atoms in total. The molecule has 1 rings (SSSR count). The van der Waals surface area contributed by atoms with Gasteiger partial charge in [-0.15, -0.1) is 0 Å². The van der Waals surface area contributed by atoms with Crippen molar-refractivity contribution in [3.63, 3.8) is 0 Å². The molecule has 0 aromatic carbocycles. The van der Waals surface area contributed by atoms with Gasteiger partial charge < -0.3 is 10.0 Å². The van der Waals surface area contributed by atoms with Crippen LogP contribution in [-0.2, 0) is 10.2 Å². The highest BCUT2D eigenvalue weighted by atomic mass is 32.2. The van der Waals surface area contributed by atoms with Gasteiger partial charge in [-0.1, -0.05) is 0 Å². The molecule has 0 radical (unpaired) electrons. The van der Waals surface area contributed by atoms with Crippen LogP contribution < -0.4 is 5.46 Å². The summed E-state index contributed by atoms with van der Waals surface area (Å²) in [5.41, 5.74) is 0.329. The molecule has 1 aromatic heterocycles. The van der Waals surface area contributed by atoms with Gasteiger partial charge in [-0.25, -0.2) is 0 Å². The summed E-state index contributed by atoms with van der Waals surface area (Å²) in [6, 6.07) is 0. The fraction of sp³-hybridized carbons (Fsp3) is 0.500. The molecule has 84 valence electrons. The molecule has 0 amide bonds. The predicted molar refractivity (Wildman–Crippen MR) is 54.8 cm³/mol. The second kappa shape index (κ2) is 3.93. The van der Waals surface area contributed by atoms with Crippen molar-refractivity contribution in [1.82, 2.24) is 13.5 Å². The van der Waals surface area contributed by atoms with E-state index in [9.17, 15) is 8.42 Å². The summed E-state index contributed by atoms with van der Waals surface area (Å²) in [6.45, 7) is 1.50. The van der Waals surface area contributed by atoms with E-state index in [-0.39, 0.29) is 11.2 Å². The number of hydrogen-bond acceptors (Lipinski definition) is 5. The highest BCUT2D eigenvalue weighted by molar-refractivity contribution is 7.87. The Morgan fingerprint density at radius 1 is 1.47 bits per heavy atom. The van der Waals surface area contributed by atoms with E-state index in [1.165, 1.54) is 21.0 Å². The van der Waals surface area contributed by atoms with E-state index in [1.807, 2.05) is 0 Å². The van der Waals surface area contributed by atoms with Gasteiger partial charge in [0, 0.05) is 25.8 Å². The van der Waals surface area contributed by atoms with Gasteiger partial charge >= 0.3 is 17.3 Å². The van der Waals surface area contributed by atoms with Crippen LogP contribution in [0.1, 0.15) is 5.69 Å². The maximum Gasteiger partial charge on any atom is 0.491 e. The van der Waals surface area contributed by atoms with Gasteiger partial charge in [-0.3, -0.25) is 0 Å². The van der Waals surface area contributed by atoms with Crippen molar-refractivity contribution in [3.8, 4) is 0 Å². The number of nitrogens with zero attached hydrogens (tertiary/aromatic N) is 3. The van der Waals surface area contributed by atoms with Crippen LogP contribution in [-0.4, -0.2) is 53.2 Å². The van der Waals surface area contributed by atoms with E-state index in [1.54, 1.807) is 0 Å². The first-order valence-electron chi connectivity index (χ1n) is 4.12. The molecule has 2 N–H and O–H groups in total. The quantitative estimate of drug-likeness (QED) is 0.564. The zero-order chi connectivity index (χ0) is 11.8. The molecule has 0 aliphatic rings. The predicted octanol–water partition coefficient (Wildman–Crippen LogP) is -2.47. The number of rotatable bonds is 3. The van der Waals surface area contributed by atoms with Crippen LogP contribution in [0.25, 0.3) is 0 Å². The number of aromatic nitrogens is 2. The lowest BCUT2D eigenvalue weighted by Gasteiger charge is -2.09. The molecular weight excluding hydrogens is 221 g/mol. The highest BCUT2D eigenvalue weighted by Crippen LogP contribution is 2.00. The maximum absolute atomic E-state index is 11.6. The van der Waals surface area contributed by atoms with Crippen molar-refractivity contribution >= 4 is 22.8 Å². The van der Waals surface area contributed by atoms with Crippen molar-refractivity contribution in [2.45, 2.75) is 6.92 Å². The minimum atomic E-state index is -3.70. The topological polar surface area (TPSA) is 95.7 Å². The van der Waals surface area contributed by atoms with Crippen molar-refractivity contribution in [3.05, 3.63) is 11.9 Å². The Labute approximate surface area is 88.3 Å². The Bertz CT molecular complexity index is 453. The van der Waals surface area contributed by atoms with Gasteiger partial charge in [-0.2, -0.15) is 21.9 Å². The van der Waals surface area contributed by atoms with Gasteiger partial charge in [0.25, 0.3) is 0 Å². The van der Waals surface area contributed by atoms with Gasteiger partial charge in [-0.05, 0) is 6.92 Å². The first-order valence-corrected chi connectivity index (χ1v) is 5.52. The lowest BCUT2D eigenvalue weighted by Crippen LogP contribution is -2.32. The van der Waals surface area contributed by atoms with Crippen LogP contribution in [0.15, 0.2) is 6.20 Å². The summed E-state index contributed by atoms with van der Waals surface area (Å²) >= 11 is 0. The van der Waals surface area contributed by atoms with Crippen molar-refractivity contribution in [1.29, 1.82) is 0 Å². The van der Waals surface area contributed by atoms with Crippen molar-refractivity contribution in [2.24, 2.45) is 0 Å². The third kappa shape index (κ3) is 2.20. The second-order valence-corrected chi connectivity index (χ2v) is 5.21. The standard InChI is InChI=1S/C6H12BN3O4S/c1-5-6(7(11)12)4-10(8-5)15(13,14)9(2)3/h4,11-12H,1-3H3. The van der Waals surface area contributed by atoms with Crippen molar-refractivity contribution in [2.75, 3.05) is 14.1 Å². The normalized spacial score (nSPS) is 12.1. The number of aryl methyl sites for hydroxylation is 1. The van der Waals surface area contributed by atoms with E-state index in [4.69, 9.17) is 10.0 Å². The molecule has 0 unspecified atom stereocenters. The van der Waals surface area contributed by atoms with Crippen LogP contribution in [0.4, 0.5) is 0 Å². The van der Waals surface area contributed by atoms with Crippen LogP contribution in [0.2, 0.25) is 0 Å². The van der Waals surface area contributed by atoms with E-state index in [0.29, 0.717) is 4.09 Å². The van der Waals surface area contributed by atoms with E-state index in [0.717, 1.165) is 10.5 Å². The van der Waals surface area contributed by atoms with Crippen LogP contribution in [0.3, 0.4) is 0 Å². The average Bonchev–Trinajstić information content (AvgIpc) is 2.47. The Balaban J connectivity index is 3.25. The third-order valence-electron chi connectivity index (χ3n) is 1.89. The molecular formula is C6H12BN3O4S. The summed E-state index contributed by atoms with van der Waals surface area (Å²) in [6.07, 6.45) is 1.08. The fourth-order valence-electron chi connectivity index (χ4n) is 0.986. The molecule has 9 heteroatoms. The Morgan fingerprint density at radius 3 is 2.33 bits per heavy atom. The molecule has 1 aromatic rings. The molecule has 1 heterocycles. The summed E-state index contributed by atoms with van der Waals surface area (Å²) in [4.78, 5) is 0. The molecule has 0 atom stereocenters. The zero-order valence-corrected chi connectivity index (χ0v) is 9.43. The van der Waals surface area contributed by atoms with Gasteiger partial charge in [0.15, 0.2) is 0 Å². The van der Waals surface area contributed by atoms with Crippen molar-refractivity contribution < 1.29 is 18.5 Å². The Hall–Kier alpha value is -0.895. The summed E-state index contributed by atoms with van der Waals surface area (Å²) in [5.74, 6) is 0. The number of hydrogen-bond donors (Lipinski definition) is 2. The van der Waals surface area contributed by atoms with E-state index >= 15 is 0 Å². The molecule has 0 saturated heterocycles. The minimum Gasteiger partial charge on any atom is -0.423 e. The van der Waals surface area contributed by atoms with Gasteiger partial charge in [0.2, 0.25) is 0 Å². The molecule has 0 aliphatic carbocycles. The molecule has 15 heavy (non-hydrogen) atoms. The smallest absolute Gasteiger partial charge is 0.423 e. The second-order valence-electron chi connectivity index (χ2n) is 3.21. The highest BCUT2D eigenvalue weighted by Gasteiger charge is 2.23. The molecule has 0 spiro atoms. The monoisotopic (exact) mass is 233 g/mol. The Morgan fingerprint density at radius 2 is 2.00 bits per heavy atom. The third-order valence-corrected chi connectivity index (χ3v) is 3.47. The minimum absolute atomic E-state index is 0.0698. The van der Waals surface area contributed by atoms with Gasteiger partial charge in [0.05, 0.1) is 5.69 Å². The lowest BCUT2D eigenvalue weighted by atomic mass is 9.81. The lowest BCUT2D eigenvalue weighted by molar-refractivity contribution is 0.425. The fourth-order valence-corrected chi connectivity index (χ4v) is 1.79. The summed E-state index contributed by atoms with van der Waals surface area (Å²) in [5, 5.41) is 21.5. The van der Waals surface area contributed by atoms with Gasteiger partial charge in [0.1, 0.15) is 0 Å².